The average molecular weight is 334 g/mol. The second kappa shape index (κ2) is 6.43. The Morgan fingerprint density at radius 3 is 2.74 bits per heavy atom. The van der Waals surface area contributed by atoms with Crippen LogP contribution in [0.4, 0.5) is 0 Å². The quantitative estimate of drug-likeness (QED) is 0.771. The van der Waals surface area contributed by atoms with Gasteiger partial charge >= 0.3 is 0 Å². The van der Waals surface area contributed by atoms with Crippen LogP contribution >= 0.6 is 12.4 Å². The van der Waals surface area contributed by atoms with Crippen molar-refractivity contribution in [2.24, 2.45) is 0 Å². The zero-order valence-corrected chi connectivity index (χ0v) is 13.1. The van der Waals surface area contributed by atoms with E-state index in [0.29, 0.717) is 17.4 Å². The van der Waals surface area contributed by atoms with Crippen LogP contribution in [0.15, 0.2) is 41.6 Å². The molecular formula is C14H16ClN7O. The van der Waals surface area contributed by atoms with E-state index < -0.39 is 5.54 Å². The highest BCUT2D eigenvalue weighted by molar-refractivity contribution is 5.85. The minimum absolute atomic E-state index is 0. The zero-order valence-electron chi connectivity index (χ0n) is 12.3. The molecule has 9 heteroatoms. The molecule has 0 radical (unpaired) electrons. The number of hydrogen-bond donors (Lipinski definition) is 1. The van der Waals surface area contributed by atoms with Gasteiger partial charge in [0.2, 0.25) is 5.82 Å². The van der Waals surface area contributed by atoms with E-state index in [0.717, 1.165) is 25.9 Å². The second-order valence-corrected chi connectivity index (χ2v) is 5.25. The van der Waals surface area contributed by atoms with E-state index in [1.807, 2.05) is 16.9 Å². The molecule has 1 N–H and O–H groups in total. The Hall–Kier alpha value is -2.32. The Labute approximate surface area is 138 Å². The fourth-order valence-corrected chi connectivity index (χ4v) is 2.83. The van der Waals surface area contributed by atoms with E-state index in [1.54, 1.807) is 24.8 Å². The second-order valence-electron chi connectivity index (χ2n) is 5.25. The van der Waals surface area contributed by atoms with Gasteiger partial charge in [0.25, 0.3) is 5.89 Å². The van der Waals surface area contributed by atoms with Gasteiger partial charge in [-0.1, -0.05) is 5.16 Å². The minimum atomic E-state index is -0.401. The monoisotopic (exact) mass is 333 g/mol. The van der Waals surface area contributed by atoms with E-state index >= 15 is 0 Å². The molecule has 1 aliphatic rings. The van der Waals surface area contributed by atoms with Gasteiger partial charge < -0.3 is 9.84 Å². The van der Waals surface area contributed by atoms with Gasteiger partial charge in [0.15, 0.2) is 0 Å². The molecule has 0 aromatic carbocycles. The number of rotatable bonds is 3. The summed E-state index contributed by atoms with van der Waals surface area (Å²) in [5.41, 5.74) is 0.199. The molecule has 3 aromatic rings. The first-order valence-corrected chi connectivity index (χ1v) is 7.20. The molecule has 0 bridgehead atoms. The summed E-state index contributed by atoms with van der Waals surface area (Å²) in [5.74, 6) is 1.02. The van der Waals surface area contributed by atoms with E-state index in [9.17, 15) is 0 Å². The first-order valence-electron chi connectivity index (χ1n) is 7.20. The SMILES string of the molecule is Cl.c1cnn(C2(c3nc(-c4cnccn4)no3)CCNCC2)c1. The Morgan fingerprint density at radius 1 is 1.17 bits per heavy atom. The average Bonchev–Trinajstić information content (AvgIpc) is 3.29. The van der Waals surface area contributed by atoms with Gasteiger partial charge in [-0.05, 0) is 32.0 Å². The smallest absolute Gasteiger partial charge is 0.255 e. The molecule has 0 spiro atoms. The lowest BCUT2D eigenvalue weighted by molar-refractivity contribution is 0.172. The predicted molar refractivity (Wildman–Crippen MR) is 84.0 cm³/mol. The lowest BCUT2D eigenvalue weighted by Gasteiger charge is -2.34. The van der Waals surface area contributed by atoms with Crippen molar-refractivity contribution in [3.05, 3.63) is 42.9 Å². The van der Waals surface area contributed by atoms with Crippen LogP contribution in [-0.2, 0) is 5.54 Å². The summed E-state index contributed by atoms with van der Waals surface area (Å²) in [6.07, 6.45) is 10.2. The van der Waals surface area contributed by atoms with E-state index in [4.69, 9.17) is 4.52 Å². The predicted octanol–water partition coefficient (Wildman–Crippen LogP) is 1.27. The summed E-state index contributed by atoms with van der Waals surface area (Å²) in [6.45, 7) is 1.76. The van der Waals surface area contributed by atoms with E-state index in [2.05, 4.69) is 30.5 Å². The van der Waals surface area contributed by atoms with Gasteiger partial charge in [-0.15, -0.1) is 12.4 Å². The largest absolute Gasteiger partial charge is 0.336 e. The molecule has 120 valence electrons. The third kappa shape index (κ3) is 2.71. The van der Waals surface area contributed by atoms with Crippen LogP contribution in [0, 0.1) is 0 Å². The fourth-order valence-electron chi connectivity index (χ4n) is 2.83. The van der Waals surface area contributed by atoms with Crippen LogP contribution in [0.5, 0.6) is 0 Å². The van der Waals surface area contributed by atoms with E-state index in [1.165, 1.54) is 0 Å². The Kier molecular flexibility index (Phi) is 4.35. The molecule has 23 heavy (non-hydrogen) atoms. The standard InChI is InChI=1S/C14H15N7O.ClH/c1-4-18-21(9-1)14(2-5-15-6-3-14)13-19-12(20-22-13)11-10-16-7-8-17-11;/h1,4,7-10,15H,2-3,5-6H2;1H. The topological polar surface area (TPSA) is 94.5 Å². The van der Waals surface area contributed by atoms with Crippen LogP contribution in [0.2, 0.25) is 0 Å². The number of aromatic nitrogens is 6. The molecule has 1 saturated heterocycles. The summed E-state index contributed by atoms with van der Waals surface area (Å²) >= 11 is 0. The molecule has 0 unspecified atom stereocenters. The summed E-state index contributed by atoms with van der Waals surface area (Å²) in [7, 11) is 0. The Bertz CT molecular complexity index is 738. The molecule has 0 aliphatic carbocycles. The van der Waals surface area contributed by atoms with Crippen LogP contribution in [0.25, 0.3) is 11.5 Å². The lowest BCUT2D eigenvalue weighted by atomic mass is 9.88. The molecule has 0 saturated carbocycles. The molecule has 1 fully saturated rings. The summed E-state index contributed by atoms with van der Waals surface area (Å²) in [6, 6.07) is 1.91. The first-order chi connectivity index (χ1) is 10.9. The van der Waals surface area contributed by atoms with Gasteiger partial charge in [0, 0.05) is 24.8 Å². The molecule has 4 rings (SSSR count). The van der Waals surface area contributed by atoms with Crippen LogP contribution < -0.4 is 5.32 Å². The van der Waals surface area contributed by atoms with Gasteiger partial charge in [-0.25, -0.2) is 4.98 Å². The molecule has 0 atom stereocenters. The minimum Gasteiger partial charge on any atom is -0.336 e. The van der Waals surface area contributed by atoms with Crippen LogP contribution in [-0.4, -0.2) is 43.0 Å². The van der Waals surface area contributed by atoms with Crippen molar-refractivity contribution in [3.63, 3.8) is 0 Å². The Morgan fingerprint density at radius 2 is 2.04 bits per heavy atom. The summed E-state index contributed by atoms with van der Waals surface area (Å²) in [4.78, 5) is 12.8. The Balaban J connectivity index is 0.00000156. The van der Waals surface area contributed by atoms with Crippen molar-refractivity contribution in [1.29, 1.82) is 0 Å². The van der Waals surface area contributed by atoms with Crippen molar-refractivity contribution >= 4 is 12.4 Å². The molecule has 3 aromatic heterocycles. The van der Waals surface area contributed by atoms with Gasteiger partial charge in [-0.2, -0.15) is 10.1 Å². The summed E-state index contributed by atoms with van der Waals surface area (Å²) < 4.78 is 7.49. The lowest BCUT2D eigenvalue weighted by Crippen LogP contribution is -2.45. The molecule has 8 nitrogen and oxygen atoms in total. The zero-order chi connectivity index (χ0) is 14.8. The van der Waals surface area contributed by atoms with Crippen LogP contribution in [0.3, 0.4) is 0 Å². The van der Waals surface area contributed by atoms with Crippen molar-refractivity contribution < 1.29 is 4.52 Å². The number of nitrogens with zero attached hydrogens (tertiary/aromatic N) is 6. The van der Waals surface area contributed by atoms with Gasteiger partial charge in [0.1, 0.15) is 11.2 Å². The number of hydrogen-bond acceptors (Lipinski definition) is 7. The number of halogens is 1. The fraction of sp³-hybridized carbons (Fsp3) is 0.357. The van der Waals surface area contributed by atoms with Crippen LogP contribution in [0.1, 0.15) is 18.7 Å². The van der Waals surface area contributed by atoms with Gasteiger partial charge in [-0.3, -0.25) is 9.67 Å². The maximum atomic E-state index is 5.57. The highest BCUT2D eigenvalue weighted by Crippen LogP contribution is 2.34. The van der Waals surface area contributed by atoms with E-state index in [-0.39, 0.29) is 12.4 Å². The molecule has 1 aliphatic heterocycles. The third-order valence-corrected chi connectivity index (χ3v) is 3.99. The van der Waals surface area contributed by atoms with Crippen molar-refractivity contribution in [2.75, 3.05) is 13.1 Å². The normalized spacial score (nSPS) is 16.7. The highest BCUT2D eigenvalue weighted by Gasteiger charge is 2.41. The van der Waals surface area contributed by atoms with Gasteiger partial charge in [0.05, 0.1) is 6.20 Å². The molecule has 4 heterocycles. The number of nitrogens with one attached hydrogen (secondary N) is 1. The van der Waals surface area contributed by atoms with Crippen molar-refractivity contribution in [1.82, 2.24) is 35.2 Å². The summed E-state index contributed by atoms with van der Waals surface area (Å²) in [5, 5.41) is 11.8. The highest BCUT2D eigenvalue weighted by atomic mass is 35.5. The molecular weight excluding hydrogens is 318 g/mol. The first kappa shape index (κ1) is 15.6. The number of piperidine rings is 1. The molecule has 0 amide bonds. The maximum absolute atomic E-state index is 5.57. The van der Waals surface area contributed by atoms with Crippen molar-refractivity contribution in [2.45, 2.75) is 18.4 Å². The van der Waals surface area contributed by atoms with Crippen molar-refractivity contribution in [3.8, 4) is 11.5 Å². The maximum Gasteiger partial charge on any atom is 0.255 e. The third-order valence-electron chi connectivity index (χ3n) is 3.99.